The van der Waals surface area contributed by atoms with Crippen molar-refractivity contribution in [2.45, 2.75) is 88.6 Å². The fourth-order valence-electron chi connectivity index (χ4n) is 5.52. The molecule has 1 aromatic rings. The van der Waals surface area contributed by atoms with Gasteiger partial charge in [-0.1, -0.05) is 58.0 Å². The summed E-state index contributed by atoms with van der Waals surface area (Å²) in [5, 5.41) is 0. The predicted molar refractivity (Wildman–Crippen MR) is 139 cm³/mol. The van der Waals surface area contributed by atoms with Gasteiger partial charge in [0.25, 0.3) is 0 Å². The van der Waals surface area contributed by atoms with Crippen molar-refractivity contribution in [3.63, 3.8) is 0 Å². The van der Waals surface area contributed by atoms with E-state index in [4.69, 9.17) is 9.47 Å². The number of rotatable bonds is 14. The molecular formula is C29H49NO4. The maximum absolute atomic E-state index is 12.5. The monoisotopic (exact) mass is 475 g/mol. The van der Waals surface area contributed by atoms with Crippen LogP contribution in [-0.2, 0) is 25.6 Å². The van der Waals surface area contributed by atoms with E-state index in [1.54, 1.807) is 0 Å². The Labute approximate surface area is 208 Å². The first kappa shape index (κ1) is 30.2. The number of hydrogen-bond acceptors (Lipinski definition) is 5. The van der Waals surface area contributed by atoms with Crippen LogP contribution < -0.4 is 0 Å². The summed E-state index contributed by atoms with van der Waals surface area (Å²) in [5.41, 5.74) is -0.0859. The molecule has 0 fully saturated rings. The highest BCUT2D eigenvalue weighted by atomic mass is 16.5. The van der Waals surface area contributed by atoms with E-state index in [9.17, 15) is 9.59 Å². The van der Waals surface area contributed by atoms with Crippen LogP contribution in [0.4, 0.5) is 0 Å². The zero-order valence-corrected chi connectivity index (χ0v) is 23.4. The van der Waals surface area contributed by atoms with Crippen molar-refractivity contribution in [1.29, 1.82) is 0 Å². The molecule has 1 rings (SSSR count). The van der Waals surface area contributed by atoms with Crippen LogP contribution in [0.15, 0.2) is 30.3 Å². The molecule has 0 spiro atoms. The highest BCUT2D eigenvalue weighted by Crippen LogP contribution is 2.39. The SMILES string of the molecule is CCOC(=O)C(C)(C)CC(C)(C)CN(Cc1ccccc1)CC(C)(C)CC(C)(C)C(=O)OCC. The van der Waals surface area contributed by atoms with E-state index in [1.807, 2.05) is 47.6 Å². The average Bonchev–Trinajstić information content (AvgIpc) is 2.66. The van der Waals surface area contributed by atoms with Gasteiger partial charge in [-0.25, -0.2) is 0 Å². The Hall–Kier alpha value is -1.88. The minimum absolute atomic E-state index is 0.113. The molecular weight excluding hydrogens is 426 g/mol. The molecule has 0 saturated carbocycles. The number of esters is 2. The summed E-state index contributed by atoms with van der Waals surface area (Å²) in [4.78, 5) is 27.6. The number of carbonyl (C=O) groups is 2. The standard InChI is InChI=1S/C29H49NO4/c1-11-33-24(31)28(7,8)19-26(3,4)21-30(18-23-16-14-13-15-17-23)22-27(5,6)20-29(9,10)25(32)34-12-2/h13-17H,11-12,18-22H2,1-10H3. The number of nitrogens with zero attached hydrogens (tertiary/aromatic N) is 1. The summed E-state index contributed by atoms with van der Waals surface area (Å²) in [6, 6.07) is 10.5. The Morgan fingerprint density at radius 3 is 1.44 bits per heavy atom. The molecule has 0 aliphatic rings. The van der Waals surface area contributed by atoms with E-state index >= 15 is 0 Å². The fourth-order valence-corrected chi connectivity index (χ4v) is 5.52. The second kappa shape index (κ2) is 12.2. The molecule has 0 aliphatic heterocycles. The fraction of sp³-hybridized carbons (Fsp3) is 0.724. The minimum Gasteiger partial charge on any atom is -0.466 e. The van der Waals surface area contributed by atoms with Gasteiger partial charge in [0.15, 0.2) is 0 Å². The van der Waals surface area contributed by atoms with Gasteiger partial charge in [-0.3, -0.25) is 14.5 Å². The Morgan fingerprint density at radius 1 is 0.706 bits per heavy atom. The predicted octanol–water partition coefficient (Wildman–Crippen LogP) is 6.50. The summed E-state index contributed by atoms with van der Waals surface area (Å²) in [7, 11) is 0. The highest BCUT2D eigenvalue weighted by Gasteiger charge is 2.39. The van der Waals surface area contributed by atoms with Crippen molar-refractivity contribution in [2.24, 2.45) is 21.7 Å². The van der Waals surface area contributed by atoms with E-state index in [0.29, 0.717) is 13.2 Å². The van der Waals surface area contributed by atoms with Crippen molar-refractivity contribution >= 4 is 11.9 Å². The molecule has 0 N–H and O–H groups in total. The maximum atomic E-state index is 12.5. The number of ether oxygens (including phenoxy) is 2. The molecule has 0 unspecified atom stereocenters. The largest absolute Gasteiger partial charge is 0.466 e. The molecule has 5 nitrogen and oxygen atoms in total. The second-order valence-electron chi connectivity index (χ2n) is 12.5. The van der Waals surface area contributed by atoms with Gasteiger partial charge in [0.1, 0.15) is 0 Å². The molecule has 0 radical (unpaired) electrons. The summed E-state index contributed by atoms with van der Waals surface area (Å²) in [6.45, 7) is 23.7. The van der Waals surface area contributed by atoms with Gasteiger partial charge in [-0.05, 0) is 70.8 Å². The van der Waals surface area contributed by atoms with Crippen molar-refractivity contribution in [3.8, 4) is 0 Å². The third kappa shape index (κ3) is 10.2. The van der Waals surface area contributed by atoms with Gasteiger partial charge in [0.05, 0.1) is 24.0 Å². The first-order chi connectivity index (χ1) is 15.5. The lowest BCUT2D eigenvalue weighted by atomic mass is 9.73. The van der Waals surface area contributed by atoms with Gasteiger partial charge >= 0.3 is 11.9 Å². The summed E-state index contributed by atoms with van der Waals surface area (Å²) in [5.74, 6) is -0.289. The highest BCUT2D eigenvalue weighted by molar-refractivity contribution is 5.76. The van der Waals surface area contributed by atoms with Crippen LogP contribution in [0, 0.1) is 21.7 Å². The number of hydrogen-bond donors (Lipinski definition) is 0. The van der Waals surface area contributed by atoms with Crippen molar-refractivity contribution in [3.05, 3.63) is 35.9 Å². The third-order valence-corrected chi connectivity index (χ3v) is 6.05. The Bertz CT molecular complexity index is 735. The molecule has 0 atom stereocenters. The van der Waals surface area contributed by atoms with Gasteiger partial charge in [-0.2, -0.15) is 0 Å². The zero-order valence-electron chi connectivity index (χ0n) is 23.4. The molecule has 194 valence electrons. The normalized spacial score (nSPS) is 13.1. The van der Waals surface area contributed by atoms with Crippen LogP contribution in [0.3, 0.4) is 0 Å². The Balaban J connectivity index is 3.09. The van der Waals surface area contributed by atoms with Gasteiger partial charge in [0, 0.05) is 19.6 Å². The van der Waals surface area contributed by atoms with Crippen LogP contribution in [0.1, 0.15) is 87.6 Å². The van der Waals surface area contributed by atoms with E-state index in [2.05, 4.69) is 56.9 Å². The lowest BCUT2D eigenvalue weighted by Gasteiger charge is -2.42. The van der Waals surface area contributed by atoms with Crippen LogP contribution in [-0.4, -0.2) is 43.1 Å². The molecule has 5 heteroatoms. The molecule has 0 aliphatic carbocycles. The molecule has 0 heterocycles. The molecule has 34 heavy (non-hydrogen) atoms. The lowest BCUT2D eigenvalue weighted by molar-refractivity contribution is -0.155. The molecule has 0 aromatic heterocycles. The van der Waals surface area contributed by atoms with Crippen LogP contribution in [0.25, 0.3) is 0 Å². The third-order valence-electron chi connectivity index (χ3n) is 6.05. The summed E-state index contributed by atoms with van der Waals surface area (Å²) >= 11 is 0. The van der Waals surface area contributed by atoms with Gasteiger partial charge in [-0.15, -0.1) is 0 Å². The molecule has 1 aromatic carbocycles. The van der Waals surface area contributed by atoms with E-state index < -0.39 is 10.8 Å². The van der Waals surface area contributed by atoms with Crippen molar-refractivity contribution in [1.82, 2.24) is 4.90 Å². The zero-order chi connectivity index (χ0) is 26.2. The van der Waals surface area contributed by atoms with Crippen molar-refractivity contribution in [2.75, 3.05) is 26.3 Å². The van der Waals surface area contributed by atoms with E-state index in [1.165, 1.54) is 5.56 Å². The lowest BCUT2D eigenvalue weighted by Crippen LogP contribution is -2.44. The van der Waals surface area contributed by atoms with Crippen LogP contribution in [0.2, 0.25) is 0 Å². The van der Waals surface area contributed by atoms with Gasteiger partial charge in [0.2, 0.25) is 0 Å². The average molecular weight is 476 g/mol. The van der Waals surface area contributed by atoms with Gasteiger partial charge < -0.3 is 9.47 Å². The quantitative estimate of drug-likeness (QED) is 0.287. The molecule has 0 amide bonds. The van der Waals surface area contributed by atoms with Crippen LogP contribution >= 0.6 is 0 Å². The topological polar surface area (TPSA) is 55.8 Å². The van der Waals surface area contributed by atoms with Crippen LogP contribution in [0.5, 0.6) is 0 Å². The second-order valence-corrected chi connectivity index (χ2v) is 12.5. The Morgan fingerprint density at radius 2 is 1.09 bits per heavy atom. The maximum Gasteiger partial charge on any atom is 0.311 e. The van der Waals surface area contributed by atoms with Crippen molar-refractivity contribution < 1.29 is 19.1 Å². The first-order valence-electron chi connectivity index (χ1n) is 12.6. The summed E-state index contributed by atoms with van der Waals surface area (Å²) in [6.07, 6.45) is 1.44. The molecule has 0 saturated heterocycles. The summed E-state index contributed by atoms with van der Waals surface area (Å²) < 4.78 is 10.7. The molecule has 0 bridgehead atoms. The minimum atomic E-state index is -0.556. The van der Waals surface area contributed by atoms with E-state index in [-0.39, 0.29) is 22.8 Å². The smallest absolute Gasteiger partial charge is 0.311 e. The Kier molecular flexibility index (Phi) is 10.8. The number of carbonyl (C=O) groups excluding carboxylic acids is 2. The first-order valence-corrected chi connectivity index (χ1v) is 12.6. The number of benzene rings is 1. The van der Waals surface area contributed by atoms with E-state index in [0.717, 1.165) is 32.5 Å².